The van der Waals surface area contributed by atoms with E-state index in [9.17, 15) is 9.59 Å². The summed E-state index contributed by atoms with van der Waals surface area (Å²) in [6, 6.07) is 16.0. The zero-order valence-corrected chi connectivity index (χ0v) is 23.7. The molecule has 43 heavy (non-hydrogen) atoms. The minimum atomic E-state index is -0.388. The van der Waals surface area contributed by atoms with Crippen molar-refractivity contribution in [2.45, 2.75) is 6.92 Å². The molecule has 0 unspecified atom stereocenters. The summed E-state index contributed by atoms with van der Waals surface area (Å²) < 4.78 is 5.56. The molecular weight excluding hydrogens is 546 g/mol. The molecule has 0 aliphatic carbocycles. The number of amides is 3. The predicted octanol–water partition coefficient (Wildman–Crippen LogP) is 4.61. The van der Waals surface area contributed by atoms with Gasteiger partial charge in [-0.3, -0.25) is 9.78 Å². The molecule has 1 aliphatic rings. The van der Waals surface area contributed by atoms with Gasteiger partial charge in [-0.25, -0.2) is 24.7 Å². The summed E-state index contributed by atoms with van der Waals surface area (Å²) in [6.45, 7) is 4.13. The number of aromatic nitrogens is 5. The first-order valence-corrected chi connectivity index (χ1v) is 13.7. The third-order valence-corrected chi connectivity index (χ3v) is 7.11. The summed E-state index contributed by atoms with van der Waals surface area (Å²) in [5.74, 6) is 1.22. The highest BCUT2D eigenvalue weighted by molar-refractivity contribution is 6.00. The third kappa shape index (κ3) is 6.23. The molecule has 6 rings (SSSR count). The summed E-state index contributed by atoms with van der Waals surface area (Å²) in [4.78, 5) is 50.7. The Morgan fingerprint density at radius 2 is 1.49 bits per heavy atom. The van der Waals surface area contributed by atoms with Gasteiger partial charge in [0.25, 0.3) is 0 Å². The molecule has 0 radical (unpaired) electrons. The number of anilines is 4. The van der Waals surface area contributed by atoms with Gasteiger partial charge in [-0.2, -0.15) is 0 Å². The SMILES string of the molecule is CC(=O)N(C)c1ccc(NC(=O)Nc2ccc(-c3nc(N4CCOCC4)c4ncc(-c5cncnc5)cc4n3)cc2)cc1. The van der Waals surface area contributed by atoms with Gasteiger partial charge in [0.2, 0.25) is 5.91 Å². The van der Waals surface area contributed by atoms with Crippen LogP contribution in [0.5, 0.6) is 0 Å². The van der Waals surface area contributed by atoms with E-state index in [4.69, 9.17) is 19.7 Å². The second-order valence-electron chi connectivity index (χ2n) is 9.97. The Morgan fingerprint density at radius 3 is 2.14 bits per heavy atom. The monoisotopic (exact) mass is 575 g/mol. The number of fused-ring (bicyclic) bond motifs is 1. The lowest BCUT2D eigenvalue weighted by Gasteiger charge is -2.28. The van der Waals surface area contributed by atoms with Gasteiger partial charge in [0.1, 0.15) is 11.8 Å². The lowest BCUT2D eigenvalue weighted by Crippen LogP contribution is -2.37. The average molecular weight is 576 g/mol. The number of benzene rings is 2. The molecule has 1 aliphatic heterocycles. The van der Waals surface area contributed by atoms with Crippen molar-refractivity contribution in [3.8, 4) is 22.5 Å². The van der Waals surface area contributed by atoms with Crippen LogP contribution in [0.15, 0.2) is 79.5 Å². The highest BCUT2D eigenvalue weighted by Crippen LogP contribution is 2.30. The fourth-order valence-corrected chi connectivity index (χ4v) is 4.68. The molecule has 12 nitrogen and oxygen atoms in total. The Labute approximate surface area is 247 Å². The Morgan fingerprint density at radius 1 is 0.837 bits per heavy atom. The maximum absolute atomic E-state index is 12.6. The summed E-state index contributed by atoms with van der Waals surface area (Å²) in [7, 11) is 1.70. The zero-order chi connectivity index (χ0) is 29.8. The molecule has 1 saturated heterocycles. The van der Waals surface area contributed by atoms with Gasteiger partial charge in [-0.15, -0.1) is 0 Å². The average Bonchev–Trinajstić information content (AvgIpc) is 3.05. The minimum absolute atomic E-state index is 0.0722. The Bertz CT molecular complexity index is 1760. The molecule has 0 bridgehead atoms. The second kappa shape index (κ2) is 12.2. The molecule has 0 spiro atoms. The molecule has 4 heterocycles. The van der Waals surface area contributed by atoms with E-state index in [1.807, 2.05) is 18.2 Å². The van der Waals surface area contributed by atoms with Gasteiger partial charge in [0, 0.05) is 79.4 Å². The normalized spacial score (nSPS) is 13.0. The van der Waals surface area contributed by atoms with Crippen molar-refractivity contribution in [2.75, 3.05) is 53.8 Å². The maximum atomic E-state index is 12.6. The van der Waals surface area contributed by atoms with E-state index in [1.165, 1.54) is 18.2 Å². The van der Waals surface area contributed by atoms with Crippen LogP contribution < -0.4 is 20.4 Å². The van der Waals surface area contributed by atoms with Crippen LogP contribution in [0.3, 0.4) is 0 Å². The lowest BCUT2D eigenvalue weighted by atomic mass is 10.1. The van der Waals surface area contributed by atoms with Gasteiger partial charge in [-0.1, -0.05) is 0 Å². The van der Waals surface area contributed by atoms with Crippen molar-refractivity contribution in [2.24, 2.45) is 0 Å². The molecule has 1 fully saturated rings. The quantitative estimate of drug-likeness (QED) is 0.297. The van der Waals surface area contributed by atoms with Crippen LogP contribution in [0.4, 0.5) is 27.7 Å². The molecular formula is C31H29N9O3. The number of ether oxygens (including phenoxy) is 1. The van der Waals surface area contributed by atoms with Crippen molar-refractivity contribution in [3.63, 3.8) is 0 Å². The number of nitrogens with one attached hydrogen (secondary N) is 2. The number of urea groups is 1. The van der Waals surface area contributed by atoms with Crippen LogP contribution in [0, 0.1) is 0 Å². The van der Waals surface area contributed by atoms with Gasteiger partial charge in [0.15, 0.2) is 11.6 Å². The molecule has 2 N–H and O–H groups in total. The molecule has 216 valence electrons. The van der Waals surface area contributed by atoms with Crippen LogP contribution in [0.1, 0.15) is 6.92 Å². The van der Waals surface area contributed by atoms with Crippen molar-refractivity contribution in [3.05, 3.63) is 79.5 Å². The number of morpholine rings is 1. The van der Waals surface area contributed by atoms with E-state index in [2.05, 4.69) is 25.5 Å². The van der Waals surface area contributed by atoms with Crippen molar-refractivity contribution >= 4 is 45.9 Å². The van der Waals surface area contributed by atoms with Gasteiger partial charge < -0.3 is 25.2 Å². The first-order chi connectivity index (χ1) is 20.9. The number of nitrogens with zero attached hydrogens (tertiary/aromatic N) is 7. The highest BCUT2D eigenvalue weighted by atomic mass is 16.5. The molecule has 5 aromatic rings. The van der Waals surface area contributed by atoms with Crippen molar-refractivity contribution in [1.82, 2.24) is 24.9 Å². The van der Waals surface area contributed by atoms with E-state index >= 15 is 0 Å². The van der Waals surface area contributed by atoms with Crippen LogP contribution in [-0.2, 0) is 9.53 Å². The standard InChI is InChI=1S/C31H29N9O3/c1-20(41)39(2)26-9-7-25(8-10-26)36-31(42)35-24-5-3-21(4-6-24)29-37-27-15-22(23-16-32-19-33-17-23)18-34-28(27)30(38-29)40-11-13-43-14-12-40/h3-10,15-19H,11-14H2,1-2H3,(H2,35,36,42). The Balaban J connectivity index is 1.23. The fraction of sp³-hybridized carbons (Fsp3) is 0.194. The number of carbonyl (C=O) groups excluding carboxylic acids is 2. The molecule has 2 aromatic carbocycles. The summed E-state index contributed by atoms with van der Waals surface area (Å²) in [5, 5.41) is 5.65. The number of rotatable bonds is 6. The molecule has 0 saturated carbocycles. The van der Waals surface area contributed by atoms with Gasteiger partial charge in [-0.05, 0) is 54.6 Å². The zero-order valence-electron chi connectivity index (χ0n) is 23.7. The lowest BCUT2D eigenvalue weighted by molar-refractivity contribution is -0.116. The highest BCUT2D eigenvalue weighted by Gasteiger charge is 2.20. The maximum Gasteiger partial charge on any atom is 0.323 e. The van der Waals surface area contributed by atoms with Gasteiger partial charge >= 0.3 is 6.03 Å². The van der Waals surface area contributed by atoms with Crippen LogP contribution in [-0.4, -0.2) is 70.2 Å². The third-order valence-electron chi connectivity index (χ3n) is 7.11. The second-order valence-corrected chi connectivity index (χ2v) is 9.97. The largest absolute Gasteiger partial charge is 0.378 e. The van der Waals surface area contributed by atoms with E-state index in [-0.39, 0.29) is 11.9 Å². The van der Waals surface area contributed by atoms with Crippen LogP contribution in [0.2, 0.25) is 0 Å². The van der Waals surface area contributed by atoms with E-state index in [0.717, 1.165) is 28.2 Å². The number of hydrogen-bond acceptors (Lipinski definition) is 9. The topological polar surface area (TPSA) is 138 Å². The number of hydrogen-bond donors (Lipinski definition) is 2. The molecule has 3 aromatic heterocycles. The predicted molar refractivity (Wildman–Crippen MR) is 165 cm³/mol. The number of carbonyl (C=O) groups is 2. The van der Waals surface area contributed by atoms with Crippen molar-refractivity contribution < 1.29 is 14.3 Å². The first kappa shape index (κ1) is 27.7. The Hall–Kier alpha value is -5.49. The number of pyridine rings is 1. The van der Waals surface area contributed by atoms with Crippen LogP contribution >= 0.6 is 0 Å². The van der Waals surface area contributed by atoms with E-state index in [1.54, 1.807) is 62.0 Å². The van der Waals surface area contributed by atoms with Gasteiger partial charge in [0.05, 0.1) is 18.7 Å². The Kier molecular flexibility index (Phi) is 7.83. The van der Waals surface area contributed by atoms with E-state index in [0.29, 0.717) is 54.5 Å². The van der Waals surface area contributed by atoms with Crippen LogP contribution in [0.25, 0.3) is 33.5 Å². The minimum Gasteiger partial charge on any atom is -0.378 e. The molecule has 3 amide bonds. The smallest absolute Gasteiger partial charge is 0.323 e. The first-order valence-electron chi connectivity index (χ1n) is 13.7. The summed E-state index contributed by atoms with van der Waals surface area (Å²) in [5.41, 5.74) is 5.86. The van der Waals surface area contributed by atoms with Crippen molar-refractivity contribution in [1.29, 1.82) is 0 Å². The fourth-order valence-electron chi connectivity index (χ4n) is 4.68. The molecule has 12 heteroatoms. The summed E-state index contributed by atoms with van der Waals surface area (Å²) >= 11 is 0. The summed E-state index contributed by atoms with van der Waals surface area (Å²) in [6.07, 6.45) is 6.76. The molecule has 0 atom stereocenters. The van der Waals surface area contributed by atoms with E-state index < -0.39 is 0 Å².